The summed E-state index contributed by atoms with van der Waals surface area (Å²) in [6.07, 6.45) is 0. The Balaban J connectivity index is 2.05. The molecule has 0 spiro atoms. The zero-order valence-electron chi connectivity index (χ0n) is 16.2. The number of thioether (sulfide) groups is 1. The monoisotopic (exact) mass is 438 g/mol. The van der Waals surface area contributed by atoms with Gasteiger partial charge >= 0.3 is 0 Å². The molecule has 0 heterocycles. The molecular weight excluding hydrogens is 415 g/mol. The summed E-state index contributed by atoms with van der Waals surface area (Å²) in [5.74, 6) is 0.640. The first-order chi connectivity index (χ1) is 13.3. The Morgan fingerprint density at radius 3 is 2.50 bits per heavy atom. The molecule has 0 saturated heterocycles. The van der Waals surface area contributed by atoms with Crippen molar-refractivity contribution in [2.45, 2.75) is 32.2 Å². The zero-order chi connectivity index (χ0) is 20.7. The summed E-state index contributed by atoms with van der Waals surface area (Å²) in [4.78, 5) is 26.6. The maximum Gasteiger partial charge on any atom is 0.242 e. The van der Waals surface area contributed by atoms with Crippen LogP contribution in [0.5, 0.6) is 0 Å². The van der Waals surface area contributed by atoms with Crippen LogP contribution >= 0.6 is 35.0 Å². The van der Waals surface area contributed by atoms with Crippen molar-refractivity contribution in [1.29, 1.82) is 0 Å². The number of amides is 2. The molecule has 0 aliphatic heterocycles. The maximum atomic E-state index is 12.9. The highest BCUT2D eigenvalue weighted by Crippen LogP contribution is 2.25. The molecule has 0 aliphatic rings. The van der Waals surface area contributed by atoms with E-state index in [2.05, 4.69) is 5.32 Å². The van der Waals surface area contributed by atoms with Gasteiger partial charge in [-0.2, -0.15) is 0 Å². The van der Waals surface area contributed by atoms with Crippen molar-refractivity contribution in [2.24, 2.45) is 0 Å². The van der Waals surface area contributed by atoms with Crippen LogP contribution in [0.2, 0.25) is 10.0 Å². The van der Waals surface area contributed by atoms with Crippen LogP contribution in [0.3, 0.4) is 0 Å². The van der Waals surface area contributed by atoms with E-state index in [4.69, 9.17) is 23.2 Å². The molecule has 0 bridgehead atoms. The number of carbonyl (C=O) groups excluding carboxylic acids is 2. The molecule has 0 fully saturated rings. The predicted molar refractivity (Wildman–Crippen MR) is 118 cm³/mol. The average Bonchev–Trinajstić information content (AvgIpc) is 2.67. The molecule has 28 heavy (non-hydrogen) atoms. The van der Waals surface area contributed by atoms with Gasteiger partial charge in [0.1, 0.15) is 6.04 Å². The van der Waals surface area contributed by atoms with E-state index in [1.165, 1.54) is 11.8 Å². The Bertz CT molecular complexity index is 845. The van der Waals surface area contributed by atoms with Crippen molar-refractivity contribution in [3.63, 3.8) is 0 Å². The fourth-order valence-corrected chi connectivity index (χ4v) is 3.95. The number of likely N-dealkylation sites (N-methyl/N-ethyl adjacent to an activating group) is 1. The molecule has 0 aliphatic carbocycles. The van der Waals surface area contributed by atoms with Crippen LogP contribution in [0.4, 0.5) is 0 Å². The van der Waals surface area contributed by atoms with E-state index in [-0.39, 0.29) is 17.6 Å². The first-order valence-corrected chi connectivity index (χ1v) is 10.8. The molecule has 2 rings (SSSR count). The molecule has 2 aromatic carbocycles. The van der Waals surface area contributed by atoms with E-state index in [0.717, 1.165) is 16.7 Å². The van der Waals surface area contributed by atoms with Gasteiger partial charge in [-0.15, -0.1) is 11.8 Å². The highest BCUT2D eigenvalue weighted by atomic mass is 35.5. The Labute approximate surface area is 180 Å². The highest BCUT2D eigenvalue weighted by Gasteiger charge is 2.25. The van der Waals surface area contributed by atoms with E-state index in [9.17, 15) is 9.59 Å². The minimum Gasteiger partial charge on any atom is -0.357 e. The molecule has 2 aromatic rings. The lowest BCUT2D eigenvalue weighted by molar-refractivity contribution is -0.138. The molecule has 1 atom stereocenters. The summed E-state index contributed by atoms with van der Waals surface area (Å²) in [5, 5.41) is 3.63. The van der Waals surface area contributed by atoms with Gasteiger partial charge in [0.25, 0.3) is 0 Å². The number of halogens is 2. The van der Waals surface area contributed by atoms with Gasteiger partial charge in [0.05, 0.1) is 15.8 Å². The SMILES string of the molecule is CNC(=O)[C@H](C)N(Cc1cccc(C)c1)C(=O)CSCc1ccc(Cl)c(Cl)c1. The summed E-state index contributed by atoms with van der Waals surface area (Å²) in [6, 6.07) is 12.8. The van der Waals surface area contributed by atoms with Gasteiger partial charge in [-0.05, 0) is 37.1 Å². The number of hydrogen-bond acceptors (Lipinski definition) is 3. The Hall–Kier alpha value is -1.69. The first kappa shape index (κ1) is 22.6. The maximum absolute atomic E-state index is 12.9. The highest BCUT2D eigenvalue weighted by molar-refractivity contribution is 7.99. The smallest absolute Gasteiger partial charge is 0.242 e. The third-order valence-corrected chi connectivity index (χ3v) is 6.05. The van der Waals surface area contributed by atoms with Crippen LogP contribution in [-0.2, 0) is 21.9 Å². The van der Waals surface area contributed by atoms with Crippen molar-refractivity contribution >= 4 is 46.8 Å². The molecule has 0 saturated carbocycles. The van der Waals surface area contributed by atoms with E-state index in [0.29, 0.717) is 22.3 Å². The van der Waals surface area contributed by atoms with Gasteiger partial charge in [-0.1, -0.05) is 59.1 Å². The van der Waals surface area contributed by atoms with E-state index in [1.807, 2.05) is 37.3 Å². The first-order valence-electron chi connectivity index (χ1n) is 8.90. The Morgan fingerprint density at radius 2 is 1.86 bits per heavy atom. The van der Waals surface area contributed by atoms with Crippen molar-refractivity contribution in [3.05, 3.63) is 69.2 Å². The minimum absolute atomic E-state index is 0.0809. The quantitative estimate of drug-likeness (QED) is 0.649. The molecule has 7 heteroatoms. The minimum atomic E-state index is -0.552. The van der Waals surface area contributed by atoms with Gasteiger partial charge in [-0.25, -0.2) is 0 Å². The van der Waals surface area contributed by atoms with Gasteiger partial charge in [0.15, 0.2) is 0 Å². The van der Waals surface area contributed by atoms with E-state index in [1.54, 1.807) is 31.0 Å². The van der Waals surface area contributed by atoms with Gasteiger partial charge in [-0.3, -0.25) is 9.59 Å². The number of aryl methyl sites for hydroxylation is 1. The third kappa shape index (κ3) is 6.43. The normalized spacial score (nSPS) is 11.8. The Kier molecular flexibility index (Phi) is 8.67. The number of nitrogens with one attached hydrogen (secondary N) is 1. The summed E-state index contributed by atoms with van der Waals surface area (Å²) in [7, 11) is 1.58. The molecule has 0 radical (unpaired) electrons. The van der Waals surface area contributed by atoms with Crippen LogP contribution in [0.25, 0.3) is 0 Å². The summed E-state index contributed by atoms with van der Waals surface area (Å²) >= 11 is 13.5. The van der Waals surface area contributed by atoms with Crippen LogP contribution < -0.4 is 5.32 Å². The molecule has 4 nitrogen and oxygen atoms in total. The number of hydrogen-bond donors (Lipinski definition) is 1. The number of carbonyl (C=O) groups is 2. The van der Waals surface area contributed by atoms with Crippen molar-refractivity contribution in [3.8, 4) is 0 Å². The second kappa shape index (κ2) is 10.7. The molecule has 0 unspecified atom stereocenters. The van der Waals surface area contributed by atoms with Crippen molar-refractivity contribution < 1.29 is 9.59 Å². The molecule has 2 amide bonds. The van der Waals surface area contributed by atoms with Crippen LogP contribution in [-0.4, -0.2) is 35.6 Å². The van der Waals surface area contributed by atoms with Gasteiger partial charge in [0, 0.05) is 19.3 Å². The zero-order valence-corrected chi connectivity index (χ0v) is 18.5. The lowest BCUT2D eigenvalue weighted by atomic mass is 10.1. The molecule has 1 N–H and O–H groups in total. The van der Waals surface area contributed by atoms with Crippen molar-refractivity contribution in [2.75, 3.05) is 12.8 Å². The summed E-state index contributed by atoms with van der Waals surface area (Å²) < 4.78 is 0. The largest absolute Gasteiger partial charge is 0.357 e. The summed E-state index contributed by atoms with van der Waals surface area (Å²) in [5.41, 5.74) is 3.11. The van der Waals surface area contributed by atoms with E-state index < -0.39 is 6.04 Å². The number of benzene rings is 2. The second-order valence-corrected chi connectivity index (χ2v) is 8.34. The van der Waals surface area contributed by atoms with Crippen LogP contribution in [0.1, 0.15) is 23.6 Å². The predicted octanol–water partition coefficient (Wildman–Crippen LogP) is 4.70. The van der Waals surface area contributed by atoms with Crippen molar-refractivity contribution in [1.82, 2.24) is 10.2 Å². The number of rotatable bonds is 8. The lowest BCUT2D eigenvalue weighted by Crippen LogP contribution is -2.47. The van der Waals surface area contributed by atoms with E-state index >= 15 is 0 Å². The average molecular weight is 439 g/mol. The fourth-order valence-electron chi connectivity index (χ4n) is 2.77. The fraction of sp³-hybridized carbons (Fsp3) is 0.333. The molecule has 0 aromatic heterocycles. The van der Waals surface area contributed by atoms with Gasteiger partial charge in [0.2, 0.25) is 11.8 Å². The van der Waals surface area contributed by atoms with Crippen LogP contribution in [0.15, 0.2) is 42.5 Å². The second-order valence-electron chi connectivity index (χ2n) is 6.54. The number of nitrogens with zero attached hydrogens (tertiary/aromatic N) is 1. The third-order valence-electron chi connectivity index (χ3n) is 4.33. The standard InChI is InChI=1S/C21H24Cl2N2O2S/c1-14-5-4-6-16(9-14)11-25(15(2)21(27)24-3)20(26)13-28-12-17-7-8-18(22)19(23)10-17/h4-10,15H,11-13H2,1-3H3,(H,24,27)/t15-/m0/s1. The molecule has 150 valence electrons. The lowest BCUT2D eigenvalue weighted by Gasteiger charge is -2.28. The molecular formula is C21H24Cl2N2O2S. The summed E-state index contributed by atoms with van der Waals surface area (Å²) in [6.45, 7) is 4.14. The van der Waals surface area contributed by atoms with Gasteiger partial charge < -0.3 is 10.2 Å². The topological polar surface area (TPSA) is 49.4 Å². The van der Waals surface area contributed by atoms with Crippen LogP contribution in [0, 0.1) is 6.92 Å². The Morgan fingerprint density at radius 1 is 1.11 bits per heavy atom.